The van der Waals surface area contributed by atoms with Crippen LogP contribution in [0, 0.1) is 11.7 Å². The number of aromatic nitrogens is 1. The lowest BCUT2D eigenvalue weighted by Gasteiger charge is -2.35. The van der Waals surface area contributed by atoms with Gasteiger partial charge in [0.05, 0.1) is 38.5 Å². The summed E-state index contributed by atoms with van der Waals surface area (Å²) in [6, 6.07) is 10.5. The van der Waals surface area contributed by atoms with Crippen LogP contribution in [0.15, 0.2) is 60.9 Å². The van der Waals surface area contributed by atoms with Crippen LogP contribution in [0.1, 0.15) is 43.9 Å². The molecule has 1 aliphatic rings. The third kappa shape index (κ3) is 6.50. The summed E-state index contributed by atoms with van der Waals surface area (Å²) in [6.07, 6.45) is -0.226. The van der Waals surface area contributed by atoms with E-state index in [4.69, 9.17) is 18.9 Å². The second kappa shape index (κ2) is 13.6. The third-order valence-electron chi connectivity index (χ3n) is 7.06. The Morgan fingerprint density at radius 1 is 0.953 bits per heavy atom. The number of rotatable bonds is 9. The molecule has 3 aromatic rings. The number of esters is 1. The van der Waals surface area contributed by atoms with Crippen LogP contribution in [-0.4, -0.2) is 78.9 Å². The number of ketones is 1. The average Bonchev–Trinajstić information content (AvgIpc) is 3.20. The second-order valence-corrected chi connectivity index (χ2v) is 9.49. The minimum atomic E-state index is -1.67. The number of methoxy groups -OCH3 is 3. The highest BCUT2D eigenvalue weighted by Gasteiger charge is 2.46. The van der Waals surface area contributed by atoms with Crippen LogP contribution in [0.3, 0.4) is 0 Å². The molecule has 3 atom stereocenters. The Labute approximate surface area is 246 Å². The van der Waals surface area contributed by atoms with Crippen LogP contribution in [0.4, 0.5) is 9.18 Å². The minimum Gasteiger partial charge on any atom is -0.496 e. The van der Waals surface area contributed by atoms with Gasteiger partial charge in [-0.25, -0.2) is 14.0 Å². The molecule has 0 saturated carbocycles. The molecule has 0 aliphatic carbocycles. The second-order valence-electron chi connectivity index (χ2n) is 9.49. The summed E-state index contributed by atoms with van der Waals surface area (Å²) in [6.45, 7) is -0.140. The molecule has 3 unspecified atom stereocenters. The first-order valence-electron chi connectivity index (χ1n) is 13.2. The maximum Gasteiger partial charge on any atom is 0.410 e. The summed E-state index contributed by atoms with van der Waals surface area (Å²) in [5.41, 5.74) is -0.229. The van der Waals surface area contributed by atoms with E-state index in [0.717, 1.165) is 4.90 Å². The standard InChI is InChI=1S/C30H30FN3O9/c1-40-20-16-21(41-2)26(42-3)23(31)22(20)25(35)19-10-7-15-34(30(38)39)28(43-29(37)18-8-5-4-6-9-18)24(19)33-27(36)17-11-13-32-14-12-17/h4-6,8-9,11-14,16,19,24,28H,7,10,15H2,1-3H3,(H,33,36)(H,38,39). The van der Waals surface area contributed by atoms with E-state index in [2.05, 4.69) is 10.3 Å². The summed E-state index contributed by atoms with van der Waals surface area (Å²) in [4.78, 5) is 58.0. The molecule has 226 valence electrons. The van der Waals surface area contributed by atoms with Gasteiger partial charge in [0.15, 0.2) is 23.1 Å². The van der Waals surface area contributed by atoms with Gasteiger partial charge in [0.25, 0.3) is 5.91 Å². The van der Waals surface area contributed by atoms with E-state index in [0.29, 0.717) is 0 Å². The summed E-state index contributed by atoms with van der Waals surface area (Å²) in [7, 11) is 3.74. The molecule has 1 aromatic heterocycles. The number of ether oxygens (including phenoxy) is 4. The van der Waals surface area contributed by atoms with Gasteiger partial charge in [-0.1, -0.05) is 18.2 Å². The van der Waals surface area contributed by atoms with Crippen molar-refractivity contribution in [2.45, 2.75) is 25.1 Å². The van der Waals surface area contributed by atoms with E-state index in [-0.39, 0.29) is 47.8 Å². The van der Waals surface area contributed by atoms with Gasteiger partial charge in [0.2, 0.25) is 6.23 Å². The first-order chi connectivity index (χ1) is 20.7. The van der Waals surface area contributed by atoms with Gasteiger partial charge < -0.3 is 29.4 Å². The van der Waals surface area contributed by atoms with Crippen molar-refractivity contribution in [3.05, 3.63) is 83.4 Å². The van der Waals surface area contributed by atoms with Crippen LogP contribution in [-0.2, 0) is 4.74 Å². The van der Waals surface area contributed by atoms with Gasteiger partial charge in [0.1, 0.15) is 5.75 Å². The van der Waals surface area contributed by atoms with E-state index in [1.165, 1.54) is 64.1 Å². The first kappa shape index (κ1) is 30.8. The Balaban J connectivity index is 1.85. The zero-order valence-corrected chi connectivity index (χ0v) is 23.6. The Bertz CT molecular complexity index is 1490. The molecule has 2 aromatic carbocycles. The van der Waals surface area contributed by atoms with Crippen molar-refractivity contribution >= 4 is 23.8 Å². The van der Waals surface area contributed by atoms with Crippen molar-refractivity contribution in [2.75, 3.05) is 27.9 Å². The molecule has 1 fully saturated rings. The molecular formula is C30H30FN3O9. The molecule has 2 heterocycles. The molecule has 13 heteroatoms. The van der Waals surface area contributed by atoms with E-state index < -0.39 is 53.3 Å². The van der Waals surface area contributed by atoms with Crippen LogP contribution >= 0.6 is 0 Å². The zero-order valence-electron chi connectivity index (χ0n) is 23.6. The lowest BCUT2D eigenvalue weighted by atomic mass is 9.85. The predicted octanol–water partition coefficient (Wildman–Crippen LogP) is 3.80. The van der Waals surface area contributed by atoms with Crippen LogP contribution < -0.4 is 19.5 Å². The van der Waals surface area contributed by atoms with Crippen LogP contribution in [0.2, 0.25) is 0 Å². The number of halogens is 1. The molecule has 0 radical (unpaired) electrons. The molecule has 12 nitrogen and oxygen atoms in total. The predicted molar refractivity (Wildman–Crippen MR) is 149 cm³/mol. The van der Waals surface area contributed by atoms with Crippen LogP contribution in [0.5, 0.6) is 17.2 Å². The number of nitrogens with one attached hydrogen (secondary N) is 1. The summed E-state index contributed by atoms with van der Waals surface area (Å²) in [5.74, 6) is -5.30. The number of carboxylic acid groups (broad SMARTS) is 1. The number of pyridine rings is 1. The number of benzene rings is 2. The maximum absolute atomic E-state index is 15.9. The lowest BCUT2D eigenvalue weighted by Crippen LogP contribution is -2.58. The largest absolute Gasteiger partial charge is 0.496 e. The minimum absolute atomic E-state index is 0.000230. The normalized spacial score (nSPS) is 18.1. The van der Waals surface area contributed by atoms with Gasteiger partial charge in [-0.2, -0.15) is 0 Å². The smallest absolute Gasteiger partial charge is 0.410 e. The number of amides is 2. The molecule has 2 N–H and O–H groups in total. The van der Waals surface area contributed by atoms with Gasteiger partial charge in [0, 0.05) is 36.5 Å². The van der Waals surface area contributed by atoms with Crippen molar-refractivity contribution in [2.24, 2.45) is 5.92 Å². The van der Waals surface area contributed by atoms with Crippen LogP contribution in [0.25, 0.3) is 0 Å². The first-order valence-corrected chi connectivity index (χ1v) is 13.2. The number of likely N-dealkylation sites (tertiary alicyclic amines) is 1. The fraction of sp³-hybridized carbons (Fsp3) is 0.300. The fourth-order valence-electron chi connectivity index (χ4n) is 4.98. The van der Waals surface area contributed by atoms with Gasteiger partial charge >= 0.3 is 12.1 Å². The van der Waals surface area contributed by atoms with Crippen molar-refractivity contribution in [1.29, 1.82) is 0 Å². The topological polar surface area (TPSA) is 154 Å². The van der Waals surface area contributed by atoms with Crippen molar-refractivity contribution < 1.29 is 47.6 Å². The Kier molecular flexibility index (Phi) is 9.76. The molecule has 0 bridgehead atoms. The number of carbonyl (C=O) groups is 4. The Morgan fingerprint density at radius 3 is 2.23 bits per heavy atom. The van der Waals surface area contributed by atoms with E-state index >= 15 is 4.39 Å². The average molecular weight is 596 g/mol. The van der Waals surface area contributed by atoms with Gasteiger partial charge in [-0.3, -0.25) is 19.5 Å². The van der Waals surface area contributed by atoms with Crippen molar-refractivity contribution in [1.82, 2.24) is 15.2 Å². The molecule has 43 heavy (non-hydrogen) atoms. The number of hydrogen-bond acceptors (Lipinski definition) is 9. The summed E-state index contributed by atoms with van der Waals surface area (Å²) in [5, 5.41) is 12.8. The fourth-order valence-corrected chi connectivity index (χ4v) is 4.98. The molecule has 1 aliphatic heterocycles. The number of carbonyl (C=O) groups excluding carboxylic acids is 3. The monoisotopic (exact) mass is 595 g/mol. The van der Waals surface area contributed by atoms with E-state index in [1.807, 2.05) is 0 Å². The zero-order chi connectivity index (χ0) is 31.1. The third-order valence-corrected chi connectivity index (χ3v) is 7.06. The van der Waals surface area contributed by atoms with E-state index in [1.54, 1.807) is 18.2 Å². The molecule has 2 amide bonds. The number of Topliss-reactive ketones (excluding diaryl/α,β-unsaturated/α-hetero) is 1. The van der Waals surface area contributed by atoms with Crippen molar-refractivity contribution in [3.63, 3.8) is 0 Å². The highest BCUT2D eigenvalue weighted by atomic mass is 19.1. The summed E-state index contributed by atoms with van der Waals surface area (Å²) < 4.78 is 37.2. The molecule has 4 rings (SSSR count). The quantitative estimate of drug-likeness (QED) is 0.276. The van der Waals surface area contributed by atoms with Gasteiger partial charge in [-0.05, 0) is 37.1 Å². The SMILES string of the molecule is COc1cc(OC)c(C(=O)C2CCCN(C(=O)O)C(OC(=O)c3ccccc3)C2NC(=O)c2ccncc2)c(F)c1OC. The highest BCUT2D eigenvalue weighted by molar-refractivity contribution is 6.03. The number of hydrogen-bond donors (Lipinski definition) is 2. The van der Waals surface area contributed by atoms with Gasteiger partial charge in [-0.15, -0.1) is 0 Å². The molecule has 1 saturated heterocycles. The molecular weight excluding hydrogens is 565 g/mol. The Hall–Kier alpha value is -5.20. The highest BCUT2D eigenvalue weighted by Crippen LogP contribution is 2.41. The Morgan fingerprint density at radius 2 is 1.63 bits per heavy atom. The van der Waals surface area contributed by atoms with Crippen molar-refractivity contribution in [3.8, 4) is 17.2 Å². The van der Waals surface area contributed by atoms with E-state index in [9.17, 15) is 24.3 Å². The molecule has 0 spiro atoms. The lowest BCUT2D eigenvalue weighted by molar-refractivity contribution is -0.0416. The number of nitrogens with zero attached hydrogens (tertiary/aromatic N) is 2. The summed E-state index contributed by atoms with van der Waals surface area (Å²) >= 11 is 0. The maximum atomic E-state index is 15.9.